The minimum atomic E-state index is -1.04. The fourth-order valence-corrected chi connectivity index (χ4v) is 1.80. The summed E-state index contributed by atoms with van der Waals surface area (Å²) in [5.41, 5.74) is -0.00632. The number of furan rings is 1. The van der Waals surface area contributed by atoms with Gasteiger partial charge in [-0.1, -0.05) is 20.8 Å². The molecular weight excluding hydrogens is 206 g/mol. The van der Waals surface area contributed by atoms with Crippen molar-refractivity contribution in [2.24, 2.45) is 0 Å². The van der Waals surface area contributed by atoms with E-state index in [0.717, 1.165) is 19.3 Å². The van der Waals surface area contributed by atoms with Gasteiger partial charge in [-0.2, -0.15) is 0 Å². The van der Waals surface area contributed by atoms with Crippen molar-refractivity contribution in [1.29, 1.82) is 0 Å². The van der Waals surface area contributed by atoms with E-state index in [0.29, 0.717) is 5.88 Å². The van der Waals surface area contributed by atoms with E-state index < -0.39 is 5.97 Å². The lowest BCUT2D eigenvalue weighted by Gasteiger charge is -2.31. The molecular formula is C12H19NO3. The maximum atomic E-state index is 10.7. The first kappa shape index (κ1) is 12.6. The molecule has 4 heteroatoms. The van der Waals surface area contributed by atoms with E-state index in [-0.39, 0.29) is 11.3 Å². The van der Waals surface area contributed by atoms with Gasteiger partial charge in [-0.25, -0.2) is 4.79 Å². The number of hydrogen-bond acceptors (Lipinski definition) is 3. The minimum Gasteiger partial charge on any atom is -0.475 e. The quantitative estimate of drug-likeness (QED) is 0.779. The molecule has 0 fully saturated rings. The molecule has 1 heterocycles. The minimum absolute atomic E-state index is 0.00632. The third-order valence-corrected chi connectivity index (χ3v) is 3.24. The van der Waals surface area contributed by atoms with Crippen molar-refractivity contribution in [3.05, 3.63) is 17.9 Å². The largest absolute Gasteiger partial charge is 0.475 e. The van der Waals surface area contributed by atoms with Crippen LogP contribution in [0.3, 0.4) is 0 Å². The van der Waals surface area contributed by atoms with Crippen LogP contribution in [-0.4, -0.2) is 16.6 Å². The lowest BCUT2D eigenvalue weighted by Crippen LogP contribution is -2.35. The molecule has 0 aromatic carbocycles. The van der Waals surface area contributed by atoms with Crippen molar-refractivity contribution in [1.82, 2.24) is 0 Å². The van der Waals surface area contributed by atoms with Crippen molar-refractivity contribution in [3.63, 3.8) is 0 Å². The Labute approximate surface area is 95.7 Å². The summed E-state index contributed by atoms with van der Waals surface area (Å²) < 4.78 is 5.20. The highest BCUT2D eigenvalue weighted by atomic mass is 16.4. The van der Waals surface area contributed by atoms with Crippen LogP contribution in [0, 0.1) is 0 Å². The average molecular weight is 225 g/mol. The first-order valence-electron chi connectivity index (χ1n) is 5.68. The lowest BCUT2D eigenvalue weighted by molar-refractivity contribution is 0.0663. The first-order valence-corrected chi connectivity index (χ1v) is 5.68. The topological polar surface area (TPSA) is 62.5 Å². The summed E-state index contributed by atoms with van der Waals surface area (Å²) in [5.74, 6) is -0.536. The van der Waals surface area contributed by atoms with Crippen molar-refractivity contribution >= 4 is 11.9 Å². The molecule has 1 aromatic rings. The Bertz CT molecular complexity index is 345. The second-order valence-corrected chi connectivity index (χ2v) is 3.94. The smallest absolute Gasteiger partial charge is 0.371 e. The fourth-order valence-electron chi connectivity index (χ4n) is 1.80. The molecule has 0 saturated heterocycles. The van der Waals surface area contributed by atoms with Crippen LogP contribution in [-0.2, 0) is 0 Å². The molecule has 0 aliphatic rings. The molecule has 2 N–H and O–H groups in total. The van der Waals surface area contributed by atoms with Gasteiger partial charge in [0.05, 0.1) is 0 Å². The van der Waals surface area contributed by atoms with Crippen molar-refractivity contribution in [2.45, 2.75) is 45.6 Å². The van der Waals surface area contributed by atoms with Gasteiger partial charge in [0, 0.05) is 11.6 Å². The van der Waals surface area contributed by atoms with Gasteiger partial charge in [0.15, 0.2) is 5.88 Å². The monoisotopic (exact) mass is 225 g/mol. The summed E-state index contributed by atoms with van der Waals surface area (Å²) >= 11 is 0. The molecule has 0 saturated carbocycles. The highest BCUT2D eigenvalue weighted by molar-refractivity contribution is 5.84. The molecule has 90 valence electrons. The third kappa shape index (κ3) is 2.56. The lowest BCUT2D eigenvalue weighted by atomic mass is 9.90. The molecule has 0 aliphatic heterocycles. The second kappa shape index (κ2) is 5.05. The predicted molar refractivity (Wildman–Crippen MR) is 62.9 cm³/mol. The average Bonchev–Trinajstić information content (AvgIpc) is 2.74. The Hall–Kier alpha value is -1.45. The predicted octanol–water partition coefficient (Wildman–Crippen LogP) is 3.36. The van der Waals surface area contributed by atoms with Gasteiger partial charge in [0.1, 0.15) is 0 Å². The van der Waals surface area contributed by atoms with Crippen molar-refractivity contribution < 1.29 is 14.3 Å². The highest BCUT2D eigenvalue weighted by Gasteiger charge is 2.24. The van der Waals surface area contributed by atoms with E-state index in [9.17, 15) is 4.79 Å². The van der Waals surface area contributed by atoms with Crippen LogP contribution in [0.15, 0.2) is 16.5 Å². The summed E-state index contributed by atoms with van der Waals surface area (Å²) in [6.45, 7) is 6.34. The number of carbonyl (C=O) groups is 1. The number of carboxylic acids is 1. The summed E-state index contributed by atoms with van der Waals surface area (Å²) in [5, 5.41) is 12.0. The SMILES string of the molecule is CCC(CC)(CC)Nc1ccc(C(=O)O)o1. The van der Waals surface area contributed by atoms with Crippen LogP contribution in [0.25, 0.3) is 0 Å². The maximum absolute atomic E-state index is 10.7. The number of hydrogen-bond donors (Lipinski definition) is 2. The normalized spacial score (nSPS) is 11.4. The van der Waals surface area contributed by atoms with E-state index in [1.807, 2.05) is 0 Å². The van der Waals surface area contributed by atoms with Gasteiger partial charge < -0.3 is 14.8 Å². The van der Waals surface area contributed by atoms with Crippen molar-refractivity contribution in [2.75, 3.05) is 5.32 Å². The Morgan fingerprint density at radius 1 is 1.31 bits per heavy atom. The molecule has 0 aliphatic carbocycles. The molecule has 1 rings (SSSR count). The zero-order valence-corrected chi connectivity index (χ0v) is 10.0. The van der Waals surface area contributed by atoms with E-state index in [4.69, 9.17) is 9.52 Å². The van der Waals surface area contributed by atoms with Gasteiger partial charge in [0.25, 0.3) is 0 Å². The molecule has 1 aromatic heterocycles. The van der Waals surface area contributed by atoms with Gasteiger partial charge in [-0.05, 0) is 25.3 Å². The third-order valence-electron chi connectivity index (χ3n) is 3.24. The van der Waals surface area contributed by atoms with Gasteiger partial charge in [0.2, 0.25) is 5.76 Å². The Balaban J connectivity index is 2.81. The molecule has 4 nitrogen and oxygen atoms in total. The van der Waals surface area contributed by atoms with Crippen LogP contribution in [0.1, 0.15) is 50.6 Å². The Kier molecular flexibility index (Phi) is 3.99. The van der Waals surface area contributed by atoms with E-state index >= 15 is 0 Å². The Morgan fingerprint density at radius 3 is 2.25 bits per heavy atom. The molecule has 0 bridgehead atoms. The first-order chi connectivity index (χ1) is 7.56. The van der Waals surface area contributed by atoms with E-state index in [1.54, 1.807) is 6.07 Å². The number of aromatic carboxylic acids is 1. The van der Waals surface area contributed by atoms with Crippen LogP contribution >= 0.6 is 0 Å². The van der Waals surface area contributed by atoms with Crippen LogP contribution in [0.4, 0.5) is 5.88 Å². The van der Waals surface area contributed by atoms with Crippen LogP contribution < -0.4 is 5.32 Å². The van der Waals surface area contributed by atoms with E-state index in [1.165, 1.54) is 6.07 Å². The number of anilines is 1. The Morgan fingerprint density at radius 2 is 1.88 bits per heavy atom. The standard InChI is InChI=1S/C12H19NO3/c1-4-12(5-2,6-3)13-10-8-7-9(16-10)11(14)15/h7-8,13H,4-6H2,1-3H3,(H,14,15). The van der Waals surface area contributed by atoms with Gasteiger partial charge >= 0.3 is 5.97 Å². The summed E-state index contributed by atoms with van der Waals surface area (Å²) in [6.07, 6.45) is 2.93. The van der Waals surface area contributed by atoms with Crippen molar-refractivity contribution in [3.8, 4) is 0 Å². The van der Waals surface area contributed by atoms with E-state index in [2.05, 4.69) is 26.1 Å². The molecule has 0 atom stereocenters. The summed E-state index contributed by atoms with van der Waals surface area (Å²) in [4.78, 5) is 10.7. The highest BCUT2D eigenvalue weighted by Crippen LogP contribution is 2.26. The molecule has 0 amide bonds. The zero-order valence-electron chi connectivity index (χ0n) is 10.0. The molecule has 0 radical (unpaired) electrons. The molecule has 0 unspecified atom stereocenters. The molecule has 0 spiro atoms. The number of nitrogens with one attached hydrogen (secondary N) is 1. The zero-order chi connectivity index (χ0) is 12.2. The maximum Gasteiger partial charge on any atom is 0.371 e. The summed E-state index contributed by atoms with van der Waals surface area (Å²) in [7, 11) is 0. The number of rotatable bonds is 6. The molecule has 16 heavy (non-hydrogen) atoms. The second-order valence-electron chi connectivity index (χ2n) is 3.94. The fraction of sp³-hybridized carbons (Fsp3) is 0.583. The summed E-state index contributed by atoms with van der Waals surface area (Å²) in [6, 6.07) is 3.13. The van der Waals surface area contributed by atoms with Crippen LogP contribution in [0.5, 0.6) is 0 Å². The van der Waals surface area contributed by atoms with Crippen LogP contribution in [0.2, 0.25) is 0 Å². The van der Waals surface area contributed by atoms with Gasteiger partial charge in [-0.3, -0.25) is 0 Å². The van der Waals surface area contributed by atoms with Gasteiger partial charge in [-0.15, -0.1) is 0 Å². The number of carboxylic acid groups (broad SMARTS) is 1.